The van der Waals surface area contributed by atoms with Crippen LogP contribution < -0.4 is 4.74 Å². The normalized spacial score (nSPS) is 10.5. The maximum absolute atomic E-state index is 12.0. The van der Waals surface area contributed by atoms with E-state index in [9.17, 15) is 4.79 Å². The van der Waals surface area contributed by atoms with E-state index in [2.05, 4.69) is 4.98 Å². The molecule has 3 aromatic rings. The fraction of sp³-hybridized carbons (Fsp3) is 0.176. The number of esters is 1. The Morgan fingerprint density at radius 1 is 1.22 bits per heavy atom. The summed E-state index contributed by atoms with van der Waals surface area (Å²) >= 11 is 3.04. The third kappa shape index (κ3) is 4.18. The van der Waals surface area contributed by atoms with Crippen LogP contribution in [0.1, 0.15) is 16.1 Å². The largest absolute Gasteiger partial charge is 0.490 e. The first-order valence-electron chi connectivity index (χ1n) is 7.07. The Morgan fingerprint density at radius 2 is 2.13 bits per heavy atom. The highest BCUT2D eigenvalue weighted by Crippen LogP contribution is 2.25. The van der Waals surface area contributed by atoms with E-state index >= 15 is 0 Å². The van der Waals surface area contributed by atoms with Gasteiger partial charge in [0.15, 0.2) is 5.69 Å². The molecule has 3 rings (SSSR count). The summed E-state index contributed by atoms with van der Waals surface area (Å²) in [6.45, 7) is 2.51. The summed E-state index contributed by atoms with van der Waals surface area (Å²) in [5, 5.41) is 6.53. The number of nitrogens with zero attached hydrogens (tertiary/aromatic N) is 1. The van der Waals surface area contributed by atoms with Gasteiger partial charge in [0.05, 0.1) is 0 Å². The van der Waals surface area contributed by atoms with E-state index in [1.54, 1.807) is 16.7 Å². The summed E-state index contributed by atoms with van der Waals surface area (Å²) in [6.07, 6.45) is 0. The smallest absolute Gasteiger partial charge is 0.357 e. The molecule has 23 heavy (non-hydrogen) atoms. The second kappa shape index (κ2) is 7.39. The summed E-state index contributed by atoms with van der Waals surface area (Å²) in [5.74, 6) is 0.352. The Kier molecular flexibility index (Phi) is 5.05. The number of carbonyl (C=O) groups is 1. The first-order valence-corrected chi connectivity index (χ1v) is 8.89. The van der Waals surface area contributed by atoms with Crippen LogP contribution in [0.15, 0.2) is 46.5 Å². The lowest BCUT2D eigenvalue weighted by Crippen LogP contribution is -2.12. The van der Waals surface area contributed by atoms with Gasteiger partial charge in [-0.3, -0.25) is 0 Å². The molecule has 2 aromatic heterocycles. The Hall–Kier alpha value is -2.18. The van der Waals surface area contributed by atoms with Crippen LogP contribution in [0.5, 0.6) is 5.75 Å². The number of rotatable bonds is 6. The third-order valence-electron chi connectivity index (χ3n) is 3.06. The molecule has 0 radical (unpaired) electrons. The van der Waals surface area contributed by atoms with E-state index in [1.165, 1.54) is 11.3 Å². The van der Waals surface area contributed by atoms with Gasteiger partial charge in [-0.05, 0) is 36.1 Å². The molecular weight excluding hydrogens is 330 g/mol. The van der Waals surface area contributed by atoms with E-state index < -0.39 is 5.97 Å². The molecule has 118 valence electrons. The fourth-order valence-corrected chi connectivity index (χ4v) is 3.46. The molecule has 2 heterocycles. The second-order valence-electron chi connectivity index (χ2n) is 4.85. The summed E-state index contributed by atoms with van der Waals surface area (Å²) in [6, 6.07) is 9.73. The van der Waals surface area contributed by atoms with Crippen LogP contribution >= 0.6 is 22.7 Å². The molecule has 0 aliphatic heterocycles. The molecule has 0 atom stereocenters. The van der Waals surface area contributed by atoms with Gasteiger partial charge in [-0.15, -0.1) is 11.3 Å². The number of thiazole rings is 1. The summed E-state index contributed by atoms with van der Waals surface area (Å²) < 4.78 is 10.7. The lowest BCUT2D eigenvalue weighted by Gasteiger charge is -2.07. The number of hydrogen-bond donors (Lipinski definition) is 0. The van der Waals surface area contributed by atoms with E-state index in [0.717, 1.165) is 21.9 Å². The summed E-state index contributed by atoms with van der Waals surface area (Å²) in [5.41, 5.74) is 2.50. The van der Waals surface area contributed by atoms with Gasteiger partial charge < -0.3 is 9.47 Å². The number of carbonyl (C=O) groups excluding carboxylic acids is 1. The van der Waals surface area contributed by atoms with Crippen molar-refractivity contribution in [1.29, 1.82) is 0 Å². The first-order chi connectivity index (χ1) is 11.2. The van der Waals surface area contributed by atoms with Gasteiger partial charge in [0, 0.05) is 16.3 Å². The van der Waals surface area contributed by atoms with Crippen molar-refractivity contribution in [1.82, 2.24) is 4.98 Å². The van der Waals surface area contributed by atoms with Crippen LogP contribution in [0.2, 0.25) is 0 Å². The minimum absolute atomic E-state index is 0.193. The molecule has 0 N–H and O–H groups in total. The SMILES string of the molecule is Cc1cccc(OCCOC(=O)c2csc(-c3ccsc3)n2)c1. The quantitative estimate of drug-likeness (QED) is 0.490. The van der Waals surface area contributed by atoms with Crippen LogP contribution in [0, 0.1) is 6.92 Å². The van der Waals surface area contributed by atoms with E-state index in [0.29, 0.717) is 12.3 Å². The molecule has 0 aliphatic carbocycles. The average Bonchev–Trinajstić information content (AvgIpc) is 3.21. The van der Waals surface area contributed by atoms with Gasteiger partial charge in [0.2, 0.25) is 0 Å². The van der Waals surface area contributed by atoms with Gasteiger partial charge in [-0.25, -0.2) is 9.78 Å². The molecule has 0 fully saturated rings. The van der Waals surface area contributed by atoms with Crippen molar-refractivity contribution in [3.05, 3.63) is 57.7 Å². The highest BCUT2D eigenvalue weighted by Gasteiger charge is 2.13. The third-order valence-corrected chi connectivity index (χ3v) is 4.63. The Morgan fingerprint density at radius 3 is 2.91 bits per heavy atom. The van der Waals surface area contributed by atoms with E-state index in [4.69, 9.17) is 9.47 Å². The maximum atomic E-state index is 12.0. The fourth-order valence-electron chi connectivity index (χ4n) is 1.96. The summed E-state index contributed by atoms with van der Waals surface area (Å²) in [7, 11) is 0. The molecule has 0 spiro atoms. The molecule has 1 aromatic carbocycles. The lowest BCUT2D eigenvalue weighted by molar-refractivity contribution is 0.0444. The Bertz CT molecular complexity index is 781. The van der Waals surface area contributed by atoms with Crippen LogP contribution in [0.3, 0.4) is 0 Å². The molecule has 0 amide bonds. The van der Waals surface area contributed by atoms with Gasteiger partial charge in [0.25, 0.3) is 0 Å². The molecule has 0 saturated carbocycles. The monoisotopic (exact) mass is 345 g/mol. The number of benzene rings is 1. The molecule has 0 aliphatic rings. The van der Waals surface area contributed by atoms with Crippen molar-refractivity contribution in [2.45, 2.75) is 6.92 Å². The van der Waals surface area contributed by atoms with Gasteiger partial charge in [0.1, 0.15) is 24.0 Å². The van der Waals surface area contributed by atoms with E-state index in [1.807, 2.05) is 48.0 Å². The zero-order chi connectivity index (χ0) is 16.1. The Balaban J connectivity index is 1.48. The predicted molar refractivity (Wildman–Crippen MR) is 92.4 cm³/mol. The zero-order valence-corrected chi connectivity index (χ0v) is 14.2. The minimum atomic E-state index is -0.421. The van der Waals surface area contributed by atoms with Gasteiger partial charge in [-0.1, -0.05) is 12.1 Å². The first kappa shape index (κ1) is 15.7. The van der Waals surface area contributed by atoms with Gasteiger partial charge >= 0.3 is 5.97 Å². The van der Waals surface area contributed by atoms with Crippen LogP contribution in [0.4, 0.5) is 0 Å². The number of ether oxygens (including phenoxy) is 2. The molecule has 6 heteroatoms. The predicted octanol–water partition coefficient (Wildman–Crippen LogP) is 4.42. The zero-order valence-electron chi connectivity index (χ0n) is 12.5. The lowest BCUT2D eigenvalue weighted by atomic mass is 10.2. The van der Waals surface area contributed by atoms with Crippen LogP contribution in [-0.2, 0) is 4.74 Å². The van der Waals surface area contributed by atoms with Crippen molar-refractivity contribution >= 4 is 28.6 Å². The molecule has 0 bridgehead atoms. The van der Waals surface area contributed by atoms with Gasteiger partial charge in [-0.2, -0.15) is 11.3 Å². The number of aryl methyl sites for hydroxylation is 1. The Labute approximate surface area is 142 Å². The molecule has 0 unspecified atom stereocenters. The van der Waals surface area contributed by atoms with Crippen molar-refractivity contribution < 1.29 is 14.3 Å². The standard InChI is InChI=1S/C17H15NO3S2/c1-12-3-2-4-14(9-12)20-6-7-21-17(19)15-11-23-16(18-15)13-5-8-22-10-13/h2-5,8-11H,6-7H2,1H3. The van der Waals surface area contributed by atoms with Crippen molar-refractivity contribution in [2.75, 3.05) is 13.2 Å². The molecular formula is C17H15NO3S2. The van der Waals surface area contributed by atoms with Crippen molar-refractivity contribution in [3.63, 3.8) is 0 Å². The second-order valence-corrected chi connectivity index (χ2v) is 6.49. The molecule has 4 nitrogen and oxygen atoms in total. The number of hydrogen-bond acceptors (Lipinski definition) is 6. The summed E-state index contributed by atoms with van der Waals surface area (Å²) in [4.78, 5) is 16.3. The highest BCUT2D eigenvalue weighted by atomic mass is 32.1. The van der Waals surface area contributed by atoms with Crippen LogP contribution in [0.25, 0.3) is 10.6 Å². The number of aromatic nitrogens is 1. The van der Waals surface area contributed by atoms with E-state index in [-0.39, 0.29) is 6.61 Å². The molecule has 0 saturated heterocycles. The van der Waals surface area contributed by atoms with Crippen LogP contribution in [-0.4, -0.2) is 24.2 Å². The topological polar surface area (TPSA) is 48.4 Å². The van der Waals surface area contributed by atoms with Crippen molar-refractivity contribution in [2.24, 2.45) is 0 Å². The maximum Gasteiger partial charge on any atom is 0.357 e. The minimum Gasteiger partial charge on any atom is -0.490 e. The highest BCUT2D eigenvalue weighted by molar-refractivity contribution is 7.14. The number of thiophene rings is 1. The average molecular weight is 345 g/mol. The van der Waals surface area contributed by atoms with Crippen molar-refractivity contribution in [3.8, 4) is 16.3 Å².